The van der Waals surface area contributed by atoms with Crippen molar-refractivity contribution in [1.82, 2.24) is 9.80 Å². The van der Waals surface area contributed by atoms with Crippen molar-refractivity contribution in [2.45, 2.75) is 145 Å². The molecule has 0 amide bonds. The van der Waals surface area contributed by atoms with Crippen LogP contribution in [0.3, 0.4) is 0 Å². The average Bonchev–Trinajstić information content (AvgIpc) is 2.82. The number of hydrogen-bond donors (Lipinski definition) is 2. The molecule has 2 aromatic carbocycles. The lowest BCUT2D eigenvalue weighted by molar-refractivity contribution is 0.190. The van der Waals surface area contributed by atoms with Gasteiger partial charge in [-0.15, -0.1) is 0 Å². The molecule has 0 aliphatic heterocycles. The molecule has 0 bridgehead atoms. The maximum atomic E-state index is 11.4. The van der Waals surface area contributed by atoms with Gasteiger partial charge in [-0.05, 0) is 69.8 Å². The summed E-state index contributed by atoms with van der Waals surface area (Å²) in [5.41, 5.74) is 6.38. The molecular weight excluding hydrogens is 516 g/mol. The van der Waals surface area contributed by atoms with Crippen LogP contribution in [0.5, 0.6) is 11.5 Å². The Kier molecular flexibility index (Phi) is 11.8. The normalized spacial score (nSPS) is 13.4. The quantitative estimate of drug-likeness (QED) is 0.278. The Bertz CT molecular complexity index is 1080. The Labute approximate surface area is 259 Å². The van der Waals surface area contributed by atoms with Gasteiger partial charge < -0.3 is 10.2 Å². The zero-order chi connectivity index (χ0) is 32.3. The van der Waals surface area contributed by atoms with Crippen LogP contribution in [0.4, 0.5) is 0 Å². The Balaban J connectivity index is 2.40. The van der Waals surface area contributed by atoms with E-state index in [0.717, 1.165) is 74.4 Å². The van der Waals surface area contributed by atoms with E-state index in [0.29, 0.717) is 11.5 Å². The van der Waals surface area contributed by atoms with E-state index in [1.807, 2.05) is 0 Å². The zero-order valence-corrected chi connectivity index (χ0v) is 29.8. The number of nitrogens with zero attached hydrogens (tertiary/aromatic N) is 2. The van der Waals surface area contributed by atoms with Crippen LogP contribution >= 0.6 is 0 Å². The summed E-state index contributed by atoms with van der Waals surface area (Å²) in [6.07, 6.45) is 2.12. The molecule has 0 aliphatic carbocycles. The van der Waals surface area contributed by atoms with Gasteiger partial charge in [0.1, 0.15) is 11.5 Å². The second-order valence-corrected chi connectivity index (χ2v) is 16.6. The highest BCUT2D eigenvalue weighted by molar-refractivity contribution is 5.49. The molecule has 238 valence electrons. The van der Waals surface area contributed by atoms with E-state index in [-0.39, 0.29) is 21.7 Å². The van der Waals surface area contributed by atoms with E-state index >= 15 is 0 Å². The highest BCUT2D eigenvalue weighted by Crippen LogP contribution is 2.39. The average molecular weight is 581 g/mol. The smallest absolute Gasteiger partial charge is 0.123 e. The van der Waals surface area contributed by atoms with Crippen molar-refractivity contribution in [3.05, 3.63) is 57.6 Å². The zero-order valence-electron chi connectivity index (χ0n) is 29.8. The maximum absolute atomic E-state index is 11.4. The lowest BCUT2D eigenvalue weighted by atomic mass is 9.79. The molecule has 0 radical (unpaired) electrons. The summed E-state index contributed by atoms with van der Waals surface area (Å²) in [6.45, 7) is 36.2. The maximum Gasteiger partial charge on any atom is 0.123 e. The minimum Gasteiger partial charge on any atom is -0.507 e. The van der Waals surface area contributed by atoms with Crippen molar-refractivity contribution >= 4 is 0 Å². The van der Waals surface area contributed by atoms with Crippen LogP contribution in [-0.4, -0.2) is 46.2 Å². The van der Waals surface area contributed by atoms with Gasteiger partial charge in [0.25, 0.3) is 0 Å². The fourth-order valence-electron chi connectivity index (χ4n) is 5.58. The first-order valence-corrected chi connectivity index (χ1v) is 16.3. The molecule has 2 rings (SSSR count). The van der Waals surface area contributed by atoms with Crippen molar-refractivity contribution < 1.29 is 10.2 Å². The van der Waals surface area contributed by atoms with Gasteiger partial charge in [-0.1, -0.05) is 121 Å². The van der Waals surface area contributed by atoms with Crippen LogP contribution in [0.25, 0.3) is 0 Å². The predicted octanol–water partition coefficient (Wildman–Crippen LogP) is 9.41. The monoisotopic (exact) mass is 580 g/mol. The summed E-state index contributed by atoms with van der Waals surface area (Å²) in [5.74, 6) is 0.890. The van der Waals surface area contributed by atoms with Crippen LogP contribution < -0.4 is 0 Å². The second-order valence-electron chi connectivity index (χ2n) is 16.6. The molecule has 0 atom stereocenters. The predicted molar refractivity (Wildman–Crippen MR) is 182 cm³/mol. The molecule has 2 N–H and O–H groups in total. The number of hydrogen-bond acceptors (Lipinski definition) is 4. The number of benzene rings is 2. The summed E-state index contributed by atoms with van der Waals surface area (Å²) >= 11 is 0. The lowest BCUT2D eigenvalue weighted by Crippen LogP contribution is -2.36. The van der Waals surface area contributed by atoms with Crippen molar-refractivity contribution in [2.75, 3.05) is 26.2 Å². The van der Waals surface area contributed by atoms with E-state index in [2.05, 4.69) is 131 Å². The van der Waals surface area contributed by atoms with Crippen molar-refractivity contribution in [3.8, 4) is 11.5 Å². The van der Waals surface area contributed by atoms with Crippen LogP contribution in [0.2, 0.25) is 0 Å². The summed E-state index contributed by atoms with van der Waals surface area (Å²) in [7, 11) is 0. The third-order valence-corrected chi connectivity index (χ3v) is 8.33. The molecule has 0 saturated carbocycles. The van der Waals surface area contributed by atoms with Gasteiger partial charge in [-0.2, -0.15) is 0 Å². The first-order valence-electron chi connectivity index (χ1n) is 16.3. The van der Waals surface area contributed by atoms with E-state index in [1.165, 1.54) is 11.1 Å². The number of phenolic OH excluding ortho intramolecular Hbond substituents is 2. The SMILES string of the molecule is CCCN(CCN(CCC)Cc1cc(C(C)(C)C)cc(C(C)(C)C)c1O)Cc1cc(C(C)(C)C)cc(C(C)(C)C)c1O. The molecule has 4 heteroatoms. The third-order valence-electron chi connectivity index (χ3n) is 8.33. The van der Waals surface area contributed by atoms with Crippen LogP contribution in [-0.2, 0) is 34.7 Å². The Morgan fingerprint density at radius 1 is 0.476 bits per heavy atom. The summed E-state index contributed by atoms with van der Waals surface area (Å²) < 4.78 is 0. The molecule has 0 spiro atoms. The minimum atomic E-state index is -0.136. The Morgan fingerprint density at radius 2 is 0.786 bits per heavy atom. The molecule has 0 saturated heterocycles. The summed E-state index contributed by atoms with van der Waals surface area (Å²) in [5, 5.41) is 22.9. The standard InChI is InChI=1S/C38H64N2O2/c1-15-17-39(25-27-21-29(35(3,4)5)23-31(33(27)41)37(9,10)11)19-20-40(18-16-2)26-28-22-30(36(6,7)8)24-32(34(28)42)38(12,13)14/h21-24,41-42H,15-20,25-26H2,1-14H3. The molecule has 0 aromatic heterocycles. The lowest BCUT2D eigenvalue weighted by Gasteiger charge is -2.32. The van der Waals surface area contributed by atoms with Crippen molar-refractivity contribution in [2.24, 2.45) is 0 Å². The fraction of sp³-hybridized carbons (Fsp3) is 0.684. The van der Waals surface area contributed by atoms with Crippen molar-refractivity contribution in [3.63, 3.8) is 0 Å². The Hall–Kier alpha value is -2.04. The third kappa shape index (κ3) is 9.74. The molecule has 0 aliphatic rings. The Morgan fingerprint density at radius 3 is 1.02 bits per heavy atom. The van der Waals surface area contributed by atoms with E-state index in [1.54, 1.807) is 0 Å². The van der Waals surface area contributed by atoms with Gasteiger partial charge in [0.2, 0.25) is 0 Å². The first-order chi connectivity index (χ1) is 19.1. The van der Waals surface area contributed by atoms with Gasteiger partial charge in [-0.3, -0.25) is 9.80 Å². The van der Waals surface area contributed by atoms with Crippen LogP contribution in [0.1, 0.15) is 143 Å². The second kappa shape index (κ2) is 13.7. The highest BCUT2D eigenvalue weighted by atomic mass is 16.3. The van der Waals surface area contributed by atoms with E-state index in [9.17, 15) is 10.2 Å². The van der Waals surface area contributed by atoms with Gasteiger partial charge in [0.15, 0.2) is 0 Å². The van der Waals surface area contributed by atoms with Gasteiger partial charge >= 0.3 is 0 Å². The fourth-order valence-corrected chi connectivity index (χ4v) is 5.58. The first kappa shape index (κ1) is 36.2. The number of phenols is 2. The molecule has 2 aromatic rings. The van der Waals surface area contributed by atoms with E-state index in [4.69, 9.17) is 0 Å². The van der Waals surface area contributed by atoms with Crippen molar-refractivity contribution in [1.29, 1.82) is 0 Å². The number of rotatable bonds is 11. The van der Waals surface area contributed by atoms with Gasteiger partial charge in [0, 0.05) is 37.3 Å². The molecule has 0 heterocycles. The largest absolute Gasteiger partial charge is 0.507 e. The minimum absolute atomic E-state index is 0.00542. The topological polar surface area (TPSA) is 46.9 Å². The molecule has 0 fully saturated rings. The summed E-state index contributed by atoms with van der Waals surface area (Å²) in [6, 6.07) is 8.86. The summed E-state index contributed by atoms with van der Waals surface area (Å²) in [4.78, 5) is 4.98. The molecular formula is C38H64N2O2. The molecule has 0 unspecified atom stereocenters. The van der Waals surface area contributed by atoms with Gasteiger partial charge in [-0.25, -0.2) is 0 Å². The van der Waals surface area contributed by atoms with Gasteiger partial charge in [0.05, 0.1) is 0 Å². The van der Waals surface area contributed by atoms with E-state index < -0.39 is 0 Å². The van der Waals surface area contributed by atoms with Crippen LogP contribution in [0, 0.1) is 0 Å². The molecule has 4 nitrogen and oxygen atoms in total. The number of aromatic hydroxyl groups is 2. The molecule has 42 heavy (non-hydrogen) atoms. The van der Waals surface area contributed by atoms with Crippen LogP contribution in [0.15, 0.2) is 24.3 Å². The highest BCUT2D eigenvalue weighted by Gasteiger charge is 2.27.